The van der Waals surface area contributed by atoms with Crippen LogP contribution < -0.4 is 0 Å². The van der Waals surface area contributed by atoms with Gasteiger partial charge in [-0.1, -0.05) is 31.9 Å². The molecule has 0 radical (unpaired) electrons. The number of hydrogen-bond acceptors (Lipinski definition) is 6. The van der Waals surface area contributed by atoms with Crippen LogP contribution in [0.3, 0.4) is 0 Å². The summed E-state index contributed by atoms with van der Waals surface area (Å²) < 4.78 is 15.8. The van der Waals surface area contributed by atoms with Crippen molar-refractivity contribution in [2.75, 3.05) is 39.6 Å². The van der Waals surface area contributed by atoms with Crippen molar-refractivity contribution in [3.63, 3.8) is 0 Å². The van der Waals surface area contributed by atoms with Crippen molar-refractivity contribution in [2.24, 2.45) is 0 Å². The Morgan fingerprint density at radius 2 is 1.48 bits per heavy atom. The molecule has 7 heteroatoms. The predicted octanol–water partition coefficient (Wildman–Crippen LogP) is 2.44. The summed E-state index contributed by atoms with van der Waals surface area (Å²) in [6, 6.07) is 6.79. The minimum Gasteiger partial charge on any atom is -0.463 e. The van der Waals surface area contributed by atoms with Gasteiger partial charge < -0.3 is 14.2 Å². The van der Waals surface area contributed by atoms with Crippen molar-refractivity contribution in [2.45, 2.75) is 32.6 Å². The van der Waals surface area contributed by atoms with Gasteiger partial charge in [0, 0.05) is 6.42 Å². The minimum absolute atomic E-state index is 0.191. The molecule has 1 aromatic rings. The SMILES string of the molecule is CCCCCC(=O)OCCOCCOCCN1C(=O)c2ccccc2C1=O. The van der Waals surface area contributed by atoms with Gasteiger partial charge in [-0.25, -0.2) is 0 Å². The Hall–Kier alpha value is -2.25. The second-order valence-electron chi connectivity index (χ2n) is 6.21. The number of esters is 1. The van der Waals surface area contributed by atoms with Crippen LogP contribution in [0.4, 0.5) is 0 Å². The Morgan fingerprint density at radius 1 is 0.889 bits per heavy atom. The van der Waals surface area contributed by atoms with Crippen LogP contribution >= 0.6 is 0 Å². The molecular weight excluding hydrogens is 350 g/mol. The molecule has 2 rings (SSSR count). The van der Waals surface area contributed by atoms with E-state index in [0.717, 1.165) is 19.3 Å². The first-order valence-electron chi connectivity index (χ1n) is 9.41. The lowest BCUT2D eigenvalue weighted by atomic mass is 10.1. The highest BCUT2D eigenvalue weighted by Gasteiger charge is 2.34. The molecule has 2 amide bonds. The van der Waals surface area contributed by atoms with Gasteiger partial charge in [-0.3, -0.25) is 19.3 Å². The molecular formula is C20H27NO6. The molecule has 0 atom stereocenters. The Balaban J connectivity index is 1.48. The monoisotopic (exact) mass is 377 g/mol. The van der Waals surface area contributed by atoms with E-state index in [4.69, 9.17) is 14.2 Å². The highest BCUT2D eigenvalue weighted by atomic mass is 16.6. The molecule has 0 spiro atoms. The third-order valence-electron chi connectivity index (χ3n) is 4.18. The molecule has 0 fully saturated rings. The number of rotatable bonds is 13. The summed E-state index contributed by atoms with van der Waals surface area (Å²) >= 11 is 0. The van der Waals surface area contributed by atoms with Crippen LogP contribution in [0.2, 0.25) is 0 Å². The smallest absolute Gasteiger partial charge is 0.305 e. The number of unbranched alkanes of at least 4 members (excludes halogenated alkanes) is 2. The minimum atomic E-state index is -0.281. The maximum absolute atomic E-state index is 12.2. The molecule has 27 heavy (non-hydrogen) atoms. The summed E-state index contributed by atoms with van der Waals surface area (Å²) in [7, 11) is 0. The Bertz CT molecular complexity index is 610. The van der Waals surface area contributed by atoms with Gasteiger partial charge in [0.1, 0.15) is 6.61 Å². The van der Waals surface area contributed by atoms with E-state index in [1.165, 1.54) is 4.90 Å². The van der Waals surface area contributed by atoms with Gasteiger partial charge in [0.15, 0.2) is 0 Å². The van der Waals surface area contributed by atoms with E-state index in [1.54, 1.807) is 24.3 Å². The highest BCUT2D eigenvalue weighted by molar-refractivity contribution is 6.21. The summed E-state index contributed by atoms with van der Waals surface area (Å²) in [6.07, 6.45) is 3.42. The van der Waals surface area contributed by atoms with Crippen LogP contribution in [-0.2, 0) is 19.0 Å². The van der Waals surface area contributed by atoms with Crippen molar-refractivity contribution < 1.29 is 28.6 Å². The normalized spacial score (nSPS) is 13.1. The van der Waals surface area contributed by atoms with E-state index in [9.17, 15) is 14.4 Å². The average molecular weight is 377 g/mol. The van der Waals surface area contributed by atoms with Gasteiger partial charge in [-0.2, -0.15) is 0 Å². The summed E-state index contributed by atoms with van der Waals surface area (Å²) in [5, 5.41) is 0. The van der Waals surface area contributed by atoms with Crippen LogP contribution in [0, 0.1) is 0 Å². The van der Waals surface area contributed by atoms with Gasteiger partial charge in [0.25, 0.3) is 11.8 Å². The second-order valence-corrected chi connectivity index (χ2v) is 6.21. The molecule has 0 saturated heterocycles. The van der Waals surface area contributed by atoms with Crippen LogP contribution in [0.5, 0.6) is 0 Å². The number of imide groups is 1. The average Bonchev–Trinajstić information content (AvgIpc) is 2.92. The molecule has 1 aromatic carbocycles. The lowest BCUT2D eigenvalue weighted by molar-refractivity contribution is -0.145. The second kappa shape index (κ2) is 11.5. The lowest BCUT2D eigenvalue weighted by Gasteiger charge is -2.13. The first-order chi connectivity index (χ1) is 13.1. The quantitative estimate of drug-likeness (QED) is 0.298. The maximum atomic E-state index is 12.2. The van der Waals surface area contributed by atoms with E-state index in [1.807, 2.05) is 0 Å². The fourth-order valence-corrected chi connectivity index (χ4v) is 2.73. The van der Waals surface area contributed by atoms with Gasteiger partial charge >= 0.3 is 5.97 Å². The molecule has 0 bridgehead atoms. The van der Waals surface area contributed by atoms with Gasteiger partial charge in [-0.15, -0.1) is 0 Å². The predicted molar refractivity (Wildman–Crippen MR) is 98.5 cm³/mol. The zero-order chi connectivity index (χ0) is 19.5. The number of benzene rings is 1. The Morgan fingerprint density at radius 3 is 2.11 bits per heavy atom. The van der Waals surface area contributed by atoms with E-state index < -0.39 is 0 Å². The Labute approximate surface area is 159 Å². The van der Waals surface area contributed by atoms with Crippen LogP contribution in [0.25, 0.3) is 0 Å². The molecule has 1 aliphatic heterocycles. The number of ether oxygens (including phenoxy) is 3. The van der Waals surface area contributed by atoms with E-state index >= 15 is 0 Å². The third-order valence-corrected chi connectivity index (χ3v) is 4.18. The molecule has 0 aromatic heterocycles. The van der Waals surface area contributed by atoms with Crippen LogP contribution in [-0.4, -0.2) is 62.3 Å². The maximum Gasteiger partial charge on any atom is 0.305 e. The molecule has 1 aliphatic rings. The summed E-state index contributed by atoms with van der Waals surface area (Å²) in [5.74, 6) is -0.753. The summed E-state index contributed by atoms with van der Waals surface area (Å²) in [4.78, 5) is 36.9. The van der Waals surface area contributed by atoms with Crippen molar-refractivity contribution >= 4 is 17.8 Å². The number of hydrogen-bond donors (Lipinski definition) is 0. The number of carbonyl (C=O) groups is 3. The molecule has 0 N–H and O–H groups in total. The van der Waals surface area contributed by atoms with Gasteiger partial charge in [-0.05, 0) is 18.6 Å². The molecule has 0 unspecified atom stereocenters. The molecule has 148 valence electrons. The zero-order valence-electron chi connectivity index (χ0n) is 15.8. The first kappa shape index (κ1) is 21.1. The molecule has 7 nitrogen and oxygen atoms in total. The van der Waals surface area contributed by atoms with Crippen molar-refractivity contribution in [1.82, 2.24) is 4.90 Å². The van der Waals surface area contributed by atoms with Crippen molar-refractivity contribution in [3.8, 4) is 0 Å². The van der Waals surface area contributed by atoms with Gasteiger partial charge in [0.05, 0.1) is 44.1 Å². The number of amides is 2. The Kier molecular flexibility index (Phi) is 8.94. The van der Waals surface area contributed by atoms with E-state index in [-0.39, 0.29) is 37.5 Å². The van der Waals surface area contributed by atoms with Gasteiger partial charge in [0.2, 0.25) is 0 Å². The van der Waals surface area contributed by atoms with E-state index in [2.05, 4.69) is 6.92 Å². The third kappa shape index (κ3) is 6.45. The fourth-order valence-electron chi connectivity index (χ4n) is 2.73. The fraction of sp³-hybridized carbons (Fsp3) is 0.550. The lowest BCUT2D eigenvalue weighted by Crippen LogP contribution is -2.33. The zero-order valence-corrected chi connectivity index (χ0v) is 15.8. The standard InChI is InChI=1S/C20H27NO6/c1-2-3-4-9-18(22)27-15-14-26-13-12-25-11-10-21-19(23)16-7-5-6-8-17(16)20(21)24/h5-8H,2-4,9-15H2,1H3. The van der Waals surface area contributed by atoms with Crippen molar-refractivity contribution in [1.29, 1.82) is 0 Å². The topological polar surface area (TPSA) is 82.1 Å². The van der Waals surface area contributed by atoms with E-state index in [0.29, 0.717) is 37.4 Å². The number of carbonyl (C=O) groups excluding carboxylic acids is 3. The molecule has 0 saturated carbocycles. The molecule has 0 aliphatic carbocycles. The number of fused-ring (bicyclic) bond motifs is 1. The summed E-state index contributed by atoms with van der Waals surface area (Å²) in [5.41, 5.74) is 0.880. The summed E-state index contributed by atoms with van der Waals surface area (Å²) in [6.45, 7) is 3.80. The first-order valence-corrected chi connectivity index (χ1v) is 9.41. The molecule has 1 heterocycles. The van der Waals surface area contributed by atoms with Crippen LogP contribution in [0.15, 0.2) is 24.3 Å². The van der Waals surface area contributed by atoms with Crippen molar-refractivity contribution in [3.05, 3.63) is 35.4 Å². The highest BCUT2D eigenvalue weighted by Crippen LogP contribution is 2.21. The number of nitrogens with zero attached hydrogens (tertiary/aromatic N) is 1. The van der Waals surface area contributed by atoms with Crippen LogP contribution in [0.1, 0.15) is 53.3 Å². The largest absolute Gasteiger partial charge is 0.463 e.